The molecule has 0 saturated heterocycles. The zero-order chi connectivity index (χ0) is 12.4. The highest BCUT2D eigenvalue weighted by Gasteiger charge is 2.02. The van der Waals surface area contributed by atoms with Crippen LogP contribution in [0.2, 0.25) is 5.02 Å². The van der Waals surface area contributed by atoms with Crippen LogP contribution >= 0.6 is 11.6 Å². The van der Waals surface area contributed by atoms with Gasteiger partial charge >= 0.3 is 0 Å². The molecule has 2 N–H and O–H groups in total. The smallest absolute Gasteiger partial charge is 0.252 e. The number of nitrogens with zero attached hydrogens (tertiary/aromatic N) is 1. The molecule has 0 amide bonds. The van der Waals surface area contributed by atoms with E-state index in [1.807, 2.05) is 19.1 Å². The number of halogens is 1. The number of aryl methyl sites for hydroxylation is 2. The van der Waals surface area contributed by atoms with Crippen LogP contribution in [0.15, 0.2) is 29.1 Å². The van der Waals surface area contributed by atoms with Crippen LogP contribution in [0, 0.1) is 13.8 Å². The molecule has 1 heterocycles. The number of nitrogens with one attached hydrogen (secondary N) is 2. The number of hydrogen-bond acceptors (Lipinski definition) is 3. The zero-order valence-electron chi connectivity index (χ0n) is 9.54. The molecule has 0 bridgehead atoms. The van der Waals surface area contributed by atoms with Gasteiger partial charge in [-0.15, -0.1) is 0 Å². The maximum absolute atomic E-state index is 11.3. The second-order valence-corrected chi connectivity index (χ2v) is 4.26. The van der Waals surface area contributed by atoms with Gasteiger partial charge in [-0.2, -0.15) is 0 Å². The van der Waals surface area contributed by atoms with Crippen molar-refractivity contribution in [2.45, 2.75) is 13.8 Å². The van der Waals surface area contributed by atoms with E-state index in [-0.39, 0.29) is 5.56 Å². The van der Waals surface area contributed by atoms with Crippen LogP contribution in [-0.4, -0.2) is 9.97 Å². The first-order chi connectivity index (χ1) is 8.04. The average Bonchev–Trinajstić information content (AvgIpc) is 2.21. The van der Waals surface area contributed by atoms with Gasteiger partial charge in [-0.3, -0.25) is 9.78 Å². The molecular weight excluding hydrogens is 238 g/mol. The van der Waals surface area contributed by atoms with E-state index >= 15 is 0 Å². The van der Waals surface area contributed by atoms with E-state index in [4.69, 9.17) is 11.6 Å². The third-order valence-electron chi connectivity index (χ3n) is 2.31. The number of anilines is 2. The van der Waals surface area contributed by atoms with E-state index < -0.39 is 0 Å². The predicted molar refractivity (Wildman–Crippen MR) is 69.1 cm³/mol. The van der Waals surface area contributed by atoms with Crippen LogP contribution in [-0.2, 0) is 0 Å². The Hall–Kier alpha value is -1.81. The van der Waals surface area contributed by atoms with E-state index in [1.54, 1.807) is 13.0 Å². The quantitative estimate of drug-likeness (QED) is 0.861. The van der Waals surface area contributed by atoms with Crippen LogP contribution in [0.25, 0.3) is 0 Å². The van der Waals surface area contributed by atoms with Crippen LogP contribution < -0.4 is 10.9 Å². The van der Waals surface area contributed by atoms with Gasteiger partial charge in [0.1, 0.15) is 0 Å². The Labute approximate surface area is 104 Å². The monoisotopic (exact) mass is 249 g/mol. The van der Waals surface area contributed by atoms with E-state index in [1.165, 1.54) is 6.07 Å². The van der Waals surface area contributed by atoms with Crippen molar-refractivity contribution in [2.75, 3.05) is 5.32 Å². The van der Waals surface area contributed by atoms with Crippen molar-refractivity contribution in [3.05, 3.63) is 50.9 Å². The van der Waals surface area contributed by atoms with Crippen molar-refractivity contribution in [3.63, 3.8) is 0 Å². The standard InChI is InChI=1S/C12H12ClN3O/c1-7-5-9(13)3-4-10(7)15-12-14-8(2)6-11(17)16-12/h3-6H,1-2H3,(H2,14,15,16,17). The topological polar surface area (TPSA) is 57.8 Å². The summed E-state index contributed by atoms with van der Waals surface area (Å²) in [6.45, 7) is 3.71. The molecule has 5 heteroatoms. The molecule has 0 saturated carbocycles. The first-order valence-electron chi connectivity index (χ1n) is 5.16. The molecule has 0 spiro atoms. The Morgan fingerprint density at radius 3 is 2.71 bits per heavy atom. The Bertz CT molecular complexity index is 607. The van der Waals surface area contributed by atoms with E-state index in [9.17, 15) is 4.79 Å². The lowest BCUT2D eigenvalue weighted by atomic mass is 10.2. The Kier molecular flexibility index (Phi) is 3.15. The lowest BCUT2D eigenvalue weighted by molar-refractivity contribution is 1.07. The van der Waals surface area contributed by atoms with Gasteiger partial charge in [0.25, 0.3) is 5.56 Å². The maximum Gasteiger partial charge on any atom is 0.252 e. The first-order valence-corrected chi connectivity index (χ1v) is 5.53. The van der Waals surface area contributed by atoms with E-state index in [0.29, 0.717) is 16.7 Å². The Morgan fingerprint density at radius 2 is 2.06 bits per heavy atom. The summed E-state index contributed by atoms with van der Waals surface area (Å²) in [7, 11) is 0. The molecule has 0 aliphatic heterocycles. The van der Waals surface area contributed by atoms with Gasteiger partial charge in [-0.1, -0.05) is 11.6 Å². The number of hydrogen-bond donors (Lipinski definition) is 2. The van der Waals surface area contributed by atoms with Crippen molar-refractivity contribution in [1.82, 2.24) is 9.97 Å². The molecular formula is C12H12ClN3O. The van der Waals surface area contributed by atoms with Crippen molar-refractivity contribution < 1.29 is 0 Å². The fourth-order valence-corrected chi connectivity index (χ4v) is 1.76. The fraction of sp³-hybridized carbons (Fsp3) is 0.167. The minimum absolute atomic E-state index is 0.174. The lowest BCUT2D eigenvalue weighted by Gasteiger charge is -2.08. The normalized spacial score (nSPS) is 10.3. The minimum Gasteiger partial charge on any atom is -0.325 e. The van der Waals surface area contributed by atoms with Gasteiger partial charge < -0.3 is 5.32 Å². The number of aromatic amines is 1. The fourth-order valence-electron chi connectivity index (χ4n) is 1.53. The van der Waals surface area contributed by atoms with Crippen LogP contribution in [0.5, 0.6) is 0 Å². The maximum atomic E-state index is 11.3. The summed E-state index contributed by atoms with van der Waals surface area (Å²) in [5.41, 5.74) is 2.35. The third kappa shape index (κ3) is 2.85. The van der Waals surface area contributed by atoms with Crippen molar-refractivity contribution in [1.29, 1.82) is 0 Å². The Balaban J connectivity index is 2.34. The zero-order valence-corrected chi connectivity index (χ0v) is 10.3. The van der Waals surface area contributed by atoms with Crippen molar-refractivity contribution >= 4 is 23.2 Å². The highest BCUT2D eigenvalue weighted by Crippen LogP contribution is 2.21. The summed E-state index contributed by atoms with van der Waals surface area (Å²) in [5, 5.41) is 3.74. The van der Waals surface area contributed by atoms with Crippen LogP contribution in [0.4, 0.5) is 11.6 Å². The SMILES string of the molecule is Cc1cc(=O)[nH]c(Nc2ccc(Cl)cc2C)n1. The number of aromatic nitrogens is 2. The molecule has 88 valence electrons. The molecule has 1 aromatic heterocycles. The number of rotatable bonds is 2. The van der Waals surface area contributed by atoms with Crippen LogP contribution in [0.3, 0.4) is 0 Å². The molecule has 0 aliphatic rings. The molecule has 0 unspecified atom stereocenters. The van der Waals surface area contributed by atoms with Gasteiger partial charge in [0.15, 0.2) is 0 Å². The van der Waals surface area contributed by atoms with Crippen molar-refractivity contribution in [3.8, 4) is 0 Å². The summed E-state index contributed by atoms with van der Waals surface area (Å²) >= 11 is 5.87. The second kappa shape index (κ2) is 4.59. The highest BCUT2D eigenvalue weighted by atomic mass is 35.5. The van der Waals surface area contributed by atoms with Gasteiger partial charge in [0.05, 0.1) is 0 Å². The second-order valence-electron chi connectivity index (χ2n) is 3.82. The van der Waals surface area contributed by atoms with Crippen molar-refractivity contribution in [2.24, 2.45) is 0 Å². The predicted octanol–water partition coefficient (Wildman–Crippen LogP) is 2.78. The van der Waals surface area contributed by atoms with Gasteiger partial charge in [0.2, 0.25) is 5.95 Å². The summed E-state index contributed by atoms with van der Waals surface area (Å²) in [4.78, 5) is 18.1. The third-order valence-corrected chi connectivity index (χ3v) is 2.55. The molecule has 0 atom stereocenters. The number of H-pyrrole nitrogens is 1. The molecule has 2 rings (SSSR count). The Morgan fingerprint density at radius 1 is 1.29 bits per heavy atom. The molecule has 0 aliphatic carbocycles. The van der Waals surface area contributed by atoms with Gasteiger partial charge in [-0.05, 0) is 37.6 Å². The first kappa shape index (κ1) is 11.7. The molecule has 0 radical (unpaired) electrons. The van der Waals surface area contributed by atoms with Gasteiger partial charge in [-0.25, -0.2) is 4.98 Å². The molecule has 2 aromatic rings. The molecule has 17 heavy (non-hydrogen) atoms. The molecule has 1 aromatic carbocycles. The summed E-state index contributed by atoms with van der Waals surface area (Å²) in [6.07, 6.45) is 0. The highest BCUT2D eigenvalue weighted by molar-refractivity contribution is 6.30. The summed E-state index contributed by atoms with van der Waals surface area (Å²) < 4.78 is 0. The van der Waals surface area contributed by atoms with E-state index in [0.717, 1.165) is 11.3 Å². The number of benzene rings is 1. The molecule has 4 nitrogen and oxygen atoms in total. The average molecular weight is 250 g/mol. The molecule has 0 fully saturated rings. The lowest BCUT2D eigenvalue weighted by Crippen LogP contribution is -2.10. The minimum atomic E-state index is -0.174. The van der Waals surface area contributed by atoms with Gasteiger partial charge in [0, 0.05) is 22.5 Å². The summed E-state index contributed by atoms with van der Waals surface area (Å²) in [5.74, 6) is 0.431. The largest absolute Gasteiger partial charge is 0.325 e. The van der Waals surface area contributed by atoms with E-state index in [2.05, 4.69) is 15.3 Å². The summed E-state index contributed by atoms with van der Waals surface area (Å²) in [6, 6.07) is 6.92. The van der Waals surface area contributed by atoms with Crippen LogP contribution in [0.1, 0.15) is 11.3 Å².